The highest BCUT2D eigenvalue weighted by molar-refractivity contribution is 7.99. The molecule has 0 saturated heterocycles. The lowest BCUT2D eigenvalue weighted by Crippen LogP contribution is -2.40. The molecule has 0 aliphatic rings. The zero-order chi connectivity index (χ0) is 10.3. The van der Waals surface area contributed by atoms with E-state index in [0.717, 1.165) is 17.9 Å². The highest BCUT2D eigenvalue weighted by Gasteiger charge is 2.22. The number of aliphatic hydroxyl groups is 1. The van der Waals surface area contributed by atoms with Crippen LogP contribution < -0.4 is 5.32 Å². The first-order valence-corrected chi connectivity index (χ1v) is 6.03. The molecule has 2 nitrogen and oxygen atoms in total. The zero-order valence-electron chi connectivity index (χ0n) is 9.26. The summed E-state index contributed by atoms with van der Waals surface area (Å²) in [4.78, 5) is 0. The summed E-state index contributed by atoms with van der Waals surface area (Å²) < 4.78 is 0. The SMILES string of the molecule is CNC(CSCCCO)C(C)(C)C. The van der Waals surface area contributed by atoms with Crippen LogP contribution in [0.3, 0.4) is 0 Å². The number of aliphatic hydroxyl groups excluding tert-OH is 1. The maximum absolute atomic E-state index is 8.62. The van der Waals surface area contributed by atoms with Crippen molar-refractivity contribution in [3.8, 4) is 0 Å². The molecule has 0 aliphatic carbocycles. The standard InChI is InChI=1S/C10H23NOS/c1-10(2,3)9(11-4)8-13-7-5-6-12/h9,11-12H,5-8H2,1-4H3. The summed E-state index contributed by atoms with van der Waals surface area (Å²) in [6.45, 7) is 7.06. The summed E-state index contributed by atoms with van der Waals surface area (Å²) in [5.74, 6) is 2.19. The van der Waals surface area contributed by atoms with Gasteiger partial charge in [-0.25, -0.2) is 0 Å². The normalized spacial score (nSPS) is 14.5. The molecule has 0 radical (unpaired) electrons. The monoisotopic (exact) mass is 205 g/mol. The van der Waals surface area contributed by atoms with E-state index >= 15 is 0 Å². The highest BCUT2D eigenvalue weighted by Crippen LogP contribution is 2.22. The van der Waals surface area contributed by atoms with Gasteiger partial charge in [-0.1, -0.05) is 20.8 Å². The minimum absolute atomic E-state index is 0.312. The molecular formula is C10H23NOS. The van der Waals surface area contributed by atoms with E-state index in [-0.39, 0.29) is 0 Å². The van der Waals surface area contributed by atoms with Crippen molar-refractivity contribution in [2.24, 2.45) is 5.41 Å². The van der Waals surface area contributed by atoms with Crippen LogP contribution in [0.4, 0.5) is 0 Å². The molecular weight excluding hydrogens is 182 g/mol. The predicted molar refractivity (Wildman–Crippen MR) is 61.3 cm³/mol. The topological polar surface area (TPSA) is 32.3 Å². The van der Waals surface area contributed by atoms with Crippen LogP contribution in [0.25, 0.3) is 0 Å². The molecule has 13 heavy (non-hydrogen) atoms. The summed E-state index contributed by atoms with van der Waals surface area (Å²) in [6, 6.07) is 0.552. The van der Waals surface area contributed by atoms with Crippen LogP contribution in [-0.4, -0.2) is 36.3 Å². The van der Waals surface area contributed by atoms with Gasteiger partial charge in [-0.05, 0) is 24.6 Å². The first-order valence-electron chi connectivity index (χ1n) is 4.88. The highest BCUT2D eigenvalue weighted by atomic mass is 32.2. The Morgan fingerprint density at radius 2 is 2.00 bits per heavy atom. The molecule has 0 spiro atoms. The maximum Gasteiger partial charge on any atom is 0.0438 e. The lowest BCUT2D eigenvalue weighted by Gasteiger charge is -2.30. The molecule has 0 bridgehead atoms. The Bertz CT molecular complexity index is 123. The smallest absolute Gasteiger partial charge is 0.0438 e. The van der Waals surface area contributed by atoms with Gasteiger partial charge in [0.2, 0.25) is 0 Å². The minimum atomic E-state index is 0.312. The van der Waals surface area contributed by atoms with Crippen molar-refractivity contribution in [1.29, 1.82) is 0 Å². The summed E-state index contributed by atoms with van der Waals surface area (Å²) in [7, 11) is 2.02. The van der Waals surface area contributed by atoms with Gasteiger partial charge in [0.1, 0.15) is 0 Å². The van der Waals surface area contributed by atoms with Crippen molar-refractivity contribution < 1.29 is 5.11 Å². The molecule has 0 rings (SSSR count). The van der Waals surface area contributed by atoms with E-state index in [0.29, 0.717) is 18.1 Å². The second kappa shape index (κ2) is 6.68. The third-order valence-electron chi connectivity index (χ3n) is 2.13. The van der Waals surface area contributed by atoms with Gasteiger partial charge < -0.3 is 10.4 Å². The summed E-state index contributed by atoms with van der Waals surface area (Å²) >= 11 is 1.91. The minimum Gasteiger partial charge on any atom is -0.396 e. The average molecular weight is 205 g/mol. The van der Waals surface area contributed by atoms with Gasteiger partial charge in [-0.15, -0.1) is 0 Å². The van der Waals surface area contributed by atoms with Gasteiger partial charge >= 0.3 is 0 Å². The molecule has 0 aromatic heterocycles. The summed E-state index contributed by atoms with van der Waals surface area (Å²) in [6.07, 6.45) is 0.908. The molecule has 1 unspecified atom stereocenters. The van der Waals surface area contributed by atoms with E-state index < -0.39 is 0 Å². The van der Waals surface area contributed by atoms with E-state index in [1.807, 2.05) is 18.8 Å². The Morgan fingerprint density at radius 1 is 1.38 bits per heavy atom. The molecule has 80 valence electrons. The van der Waals surface area contributed by atoms with E-state index in [4.69, 9.17) is 5.11 Å². The van der Waals surface area contributed by atoms with Crippen LogP contribution in [0, 0.1) is 5.41 Å². The predicted octanol–water partition coefficient (Wildman–Crippen LogP) is 1.74. The first kappa shape index (κ1) is 13.3. The molecule has 0 aromatic rings. The van der Waals surface area contributed by atoms with Crippen LogP contribution in [-0.2, 0) is 0 Å². The molecule has 2 N–H and O–H groups in total. The Morgan fingerprint density at radius 3 is 2.38 bits per heavy atom. The molecule has 1 atom stereocenters. The third kappa shape index (κ3) is 6.36. The molecule has 0 amide bonds. The van der Waals surface area contributed by atoms with Crippen molar-refractivity contribution in [1.82, 2.24) is 5.32 Å². The Labute approximate surface area is 86.5 Å². The average Bonchev–Trinajstić information content (AvgIpc) is 2.02. The van der Waals surface area contributed by atoms with E-state index in [2.05, 4.69) is 26.1 Å². The largest absolute Gasteiger partial charge is 0.396 e. The fourth-order valence-electron chi connectivity index (χ4n) is 1.13. The van der Waals surface area contributed by atoms with Gasteiger partial charge in [0.25, 0.3) is 0 Å². The van der Waals surface area contributed by atoms with Crippen molar-refractivity contribution in [3.63, 3.8) is 0 Å². The van der Waals surface area contributed by atoms with Crippen molar-refractivity contribution in [2.75, 3.05) is 25.2 Å². The molecule has 3 heteroatoms. The number of nitrogens with one attached hydrogen (secondary N) is 1. The number of rotatable bonds is 6. The van der Waals surface area contributed by atoms with Crippen LogP contribution in [0.1, 0.15) is 27.2 Å². The van der Waals surface area contributed by atoms with Gasteiger partial charge in [0, 0.05) is 18.4 Å². The fourth-order valence-corrected chi connectivity index (χ4v) is 2.54. The Hall–Kier alpha value is 0.270. The number of thioether (sulfide) groups is 1. The van der Waals surface area contributed by atoms with Crippen LogP contribution >= 0.6 is 11.8 Å². The van der Waals surface area contributed by atoms with Crippen LogP contribution in [0.2, 0.25) is 0 Å². The second-order valence-corrected chi connectivity index (χ2v) is 5.51. The Balaban J connectivity index is 3.61. The number of hydrogen-bond donors (Lipinski definition) is 2. The molecule has 0 saturated carbocycles. The van der Waals surface area contributed by atoms with Crippen molar-refractivity contribution in [2.45, 2.75) is 33.2 Å². The third-order valence-corrected chi connectivity index (χ3v) is 3.27. The van der Waals surface area contributed by atoms with Gasteiger partial charge in [-0.3, -0.25) is 0 Å². The molecule has 0 fully saturated rings. The Kier molecular flexibility index (Phi) is 6.82. The van der Waals surface area contributed by atoms with E-state index in [9.17, 15) is 0 Å². The maximum atomic E-state index is 8.62. The number of hydrogen-bond acceptors (Lipinski definition) is 3. The van der Waals surface area contributed by atoms with Crippen molar-refractivity contribution in [3.05, 3.63) is 0 Å². The zero-order valence-corrected chi connectivity index (χ0v) is 10.1. The van der Waals surface area contributed by atoms with Crippen molar-refractivity contribution >= 4 is 11.8 Å². The first-order chi connectivity index (χ1) is 6.02. The molecule has 0 aliphatic heterocycles. The second-order valence-electron chi connectivity index (χ2n) is 4.36. The lowest BCUT2D eigenvalue weighted by molar-refractivity contribution is 0.295. The summed E-state index contributed by atoms with van der Waals surface area (Å²) in [5.41, 5.74) is 0.320. The quantitative estimate of drug-likeness (QED) is 0.648. The molecule has 0 heterocycles. The van der Waals surface area contributed by atoms with Gasteiger partial charge in [0.15, 0.2) is 0 Å². The summed E-state index contributed by atoms with van der Waals surface area (Å²) in [5, 5.41) is 12.0. The van der Waals surface area contributed by atoms with Gasteiger partial charge in [-0.2, -0.15) is 11.8 Å². The van der Waals surface area contributed by atoms with Crippen LogP contribution in [0.15, 0.2) is 0 Å². The van der Waals surface area contributed by atoms with Crippen LogP contribution in [0.5, 0.6) is 0 Å². The molecule has 0 aromatic carbocycles. The van der Waals surface area contributed by atoms with E-state index in [1.165, 1.54) is 0 Å². The van der Waals surface area contributed by atoms with Gasteiger partial charge in [0.05, 0.1) is 0 Å². The fraction of sp³-hybridized carbons (Fsp3) is 1.00. The lowest BCUT2D eigenvalue weighted by atomic mass is 9.88. The van der Waals surface area contributed by atoms with E-state index in [1.54, 1.807) is 0 Å².